The predicted molar refractivity (Wildman–Crippen MR) is 134 cm³/mol. The Morgan fingerprint density at radius 2 is 1.74 bits per heavy atom. The third kappa shape index (κ3) is 6.59. The van der Waals surface area contributed by atoms with Crippen LogP contribution in [0.4, 0.5) is 11.4 Å². The van der Waals surface area contributed by atoms with E-state index >= 15 is 0 Å². The standard InChI is InChI=1S/C25H25ClN2O5S/c1-33-21-11-6-10-20(17-21)28(34(2,31)32)15-7-12-24(29)27-23-14-13-19(26)16-22(23)25(30)18-8-4-3-5-9-18/h3-6,8-11,13-14,16-17H,7,12,15H2,1-2H3,(H,27,29). The number of ether oxygens (including phenoxy) is 1. The van der Waals surface area contributed by atoms with Gasteiger partial charge in [0.05, 0.1) is 24.7 Å². The average Bonchev–Trinajstić information content (AvgIpc) is 2.82. The molecule has 0 spiro atoms. The van der Waals surface area contributed by atoms with Gasteiger partial charge in [0.25, 0.3) is 0 Å². The molecule has 0 aliphatic heterocycles. The number of rotatable bonds is 10. The van der Waals surface area contributed by atoms with Gasteiger partial charge in [-0.05, 0) is 36.8 Å². The van der Waals surface area contributed by atoms with E-state index in [0.29, 0.717) is 27.7 Å². The van der Waals surface area contributed by atoms with Crippen LogP contribution in [0.1, 0.15) is 28.8 Å². The maximum absolute atomic E-state index is 12.9. The zero-order valence-electron chi connectivity index (χ0n) is 18.8. The topological polar surface area (TPSA) is 92.8 Å². The Balaban J connectivity index is 1.69. The lowest BCUT2D eigenvalue weighted by molar-refractivity contribution is -0.116. The highest BCUT2D eigenvalue weighted by molar-refractivity contribution is 7.92. The van der Waals surface area contributed by atoms with Gasteiger partial charge in [-0.2, -0.15) is 0 Å². The molecule has 0 saturated heterocycles. The first-order valence-electron chi connectivity index (χ1n) is 10.5. The zero-order chi connectivity index (χ0) is 24.7. The maximum Gasteiger partial charge on any atom is 0.232 e. The minimum atomic E-state index is -3.57. The number of anilines is 2. The Bertz CT molecular complexity index is 1280. The van der Waals surface area contributed by atoms with Crippen LogP contribution in [0.25, 0.3) is 0 Å². The van der Waals surface area contributed by atoms with Crippen molar-refractivity contribution in [3.8, 4) is 5.75 Å². The molecule has 3 aromatic carbocycles. The number of hydrogen-bond donors (Lipinski definition) is 1. The molecule has 0 bridgehead atoms. The number of hydrogen-bond acceptors (Lipinski definition) is 5. The van der Waals surface area contributed by atoms with Crippen LogP contribution in [0, 0.1) is 0 Å². The van der Waals surface area contributed by atoms with E-state index in [1.807, 2.05) is 6.07 Å². The SMILES string of the molecule is COc1cccc(N(CCCC(=O)Nc2ccc(Cl)cc2C(=O)c2ccccc2)S(C)(=O)=O)c1. The molecule has 1 N–H and O–H groups in total. The third-order valence-electron chi connectivity index (χ3n) is 5.04. The fraction of sp³-hybridized carbons (Fsp3) is 0.200. The van der Waals surface area contributed by atoms with Gasteiger partial charge in [0, 0.05) is 35.2 Å². The second-order valence-corrected chi connectivity index (χ2v) is 9.92. The van der Waals surface area contributed by atoms with E-state index in [9.17, 15) is 18.0 Å². The summed E-state index contributed by atoms with van der Waals surface area (Å²) in [6, 6.07) is 20.1. The number of ketones is 1. The number of methoxy groups -OCH3 is 1. The lowest BCUT2D eigenvalue weighted by atomic mass is 10.0. The molecular formula is C25H25ClN2O5S. The molecule has 3 aromatic rings. The fourth-order valence-corrected chi connectivity index (χ4v) is 4.54. The summed E-state index contributed by atoms with van der Waals surface area (Å²) in [6.07, 6.45) is 1.44. The van der Waals surface area contributed by atoms with Crippen molar-refractivity contribution in [2.45, 2.75) is 12.8 Å². The number of amides is 1. The van der Waals surface area contributed by atoms with Crippen molar-refractivity contribution in [2.75, 3.05) is 29.5 Å². The molecule has 0 saturated carbocycles. The Hall–Kier alpha value is -3.36. The number of benzene rings is 3. The lowest BCUT2D eigenvalue weighted by Crippen LogP contribution is -2.31. The van der Waals surface area contributed by atoms with Crippen molar-refractivity contribution in [1.82, 2.24) is 0 Å². The number of nitrogens with one attached hydrogen (secondary N) is 1. The lowest BCUT2D eigenvalue weighted by Gasteiger charge is -2.22. The number of sulfonamides is 1. The maximum atomic E-state index is 12.9. The van der Waals surface area contributed by atoms with Gasteiger partial charge in [0.2, 0.25) is 15.9 Å². The van der Waals surface area contributed by atoms with Gasteiger partial charge in [0.1, 0.15) is 5.75 Å². The van der Waals surface area contributed by atoms with Gasteiger partial charge in [-0.3, -0.25) is 13.9 Å². The molecular weight excluding hydrogens is 476 g/mol. The molecule has 3 rings (SSSR count). The molecule has 0 radical (unpaired) electrons. The molecule has 9 heteroatoms. The molecule has 1 amide bonds. The molecule has 0 fully saturated rings. The molecule has 0 aliphatic rings. The Morgan fingerprint density at radius 1 is 1.00 bits per heavy atom. The minimum absolute atomic E-state index is 0.0532. The number of carbonyl (C=O) groups excluding carboxylic acids is 2. The quantitative estimate of drug-likeness (QED) is 0.405. The van der Waals surface area contributed by atoms with Crippen LogP contribution in [0.2, 0.25) is 5.02 Å². The van der Waals surface area contributed by atoms with E-state index < -0.39 is 10.0 Å². The van der Waals surface area contributed by atoms with E-state index in [1.54, 1.807) is 60.7 Å². The minimum Gasteiger partial charge on any atom is -0.497 e. The second-order valence-electron chi connectivity index (χ2n) is 7.57. The highest BCUT2D eigenvalue weighted by Gasteiger charge is 2.19. The molecule has 34 heavy (non-hydrogen) atoms. The van der Waals surface area contributed by atoms with Gasteiger partial charge in [0.15, 0.2) is 5.78 Å². The van der Waals surface area contributed by atoms with Crippen molar-refractivity contribution in [3.05, 3.63) is 88.9 Å². The van der Waals surface area contributed by atoms with Crippen LogP contribution in [-0.2, 0) is 14.8 Å². The normalized spacial score (nSPS) is 11.0. The summed E-state index contributed by atoms with van der Waals surface area (Å²) in [7, 11) is -2.06. The summed E-state index contributed by atoms with van der Waals surface area (Å²) in [5, 5.41) is 3.13. The molecule has 0 atom stereocenters. The van der Waals surface area contributed by atoms with Gasteiger partial charge in [-0.1, -0.05) is 48.0 Å². The fourth-order valence-electron chi connectivity index (χ4n) is 3.41. The Morgan fingerprint density at radius 3 is 2.41 bits per heavy atom. The average molecular weight is 501 g/mol. The Labute approximate surface area is 204 Å². The van der Waals surface area contributed by atoms with Crippen LogP contribution >= 0.6 is 11.6 Å². The Kier molecular flexibility index (Phi) is 8.31. The highest BCUT2D eigenvalue weighted by atomic mass is 35.5. The first-order valence-corrected chi connectivity index (χ1v) is 12.7. The van der Waals surface area contributed by atoms with Gasteiger partial charge in [-0.15, -0.1) is 0 Å². The van der Waals surface area contributed by atoms with E-state index in [-0.39, 0.29) is 36.6 Å². The monoisotopic (exact) mass is 500 g/mol. The van der Waals surface area contributed by atoms with Crippen molar-refractivity contribution in [2.24, 2.45) is 0 Å². The van der Waals surface area contributed by atoms with Gasteiger partial charge >= 0.3 is 0 Å². The first kappa shape index (κ1) is 25.3. The van der Waals surface area contributed by atoms with Crippen molar-refractivity contribution < 1.29 is 22.7 Å². The summed E-state index contributed by atoms with van der Waals surface area (Å²) in [5.41, 5.74) is 1.55. The molecule has 0 aromatic heterocycles. The van der Waals surface area contributed by atoms with E-state index in [2.05, 4.69) is 5.32 Å². The third-order valence-corrected chi connectivity index (χ3v) is 6.47. The van der Waals surface area contributed by atoms with Gasteiger partial charge in [-0.25, -0.2) is 8.42 Å². The van der Waals surface area contributed by atoms with Crippen LogP contribution in [0.3, 0.4) is 0 Å². The first-order chi connectivity index (χ1) is 16.2. The van der Waals surface area contributed by atoms with E-state index in [1.165, 1.54) is 17.5 Å². The summed E-state index contributed by atoms with van der Waals surface area (Å²) in [4.78, 5) is 25.6. The van der Waals surface area contributed by atoms with Crippen molar-refractivity contribution in [1.29, 1.82) is 0 Å². The van der Waals surface area contributed by atoms with Gasteiger partial charge < -0.3 is 10.1 Å². The summed E-state index contributed by atoms with van der Waals surface area (Å²) in [6.45, 7) is 0.107. The smallest absolute Gasteiger partial charge is 0.232 e. The van der Waals surface area contributed by atoms with E-state index in [0.717, 1.165) is 6.26 Å². The number of nitrogens with zero attached hydrogens (tertiary/aromatic N) is 1. The molecule has 178 valence electrons. The number of carbonyl (C=O) groups is 2. The van der Waals surface area contributed by atoms with Crippen LogP contribution < -0.4 is 14.4 Å². The predicted octanol–water partition coefficient (Wildman–Crippen LogP) is 4.76. The zero-order valence-corrected chi connectivity index (χ0v) is 20.4. The number of halogens is 1. The molecule has 0 aliphatic carbocycles. The van der Waals surface area contributed by atoms with Crippen molar-refractivity contribution >= 4 is 44.7 Å². The second kappa shape index (κ2) is 11.2. The molecule has 0 unspecified atom stereocenters. The van der Waals surface area contributed by atoms with Crippen molar-refractivity contribution in [3.63, 3.8) is 0 Å². The highest BCUT2D eigenvalue weighted by Crippen LogP contribution is 2.25. The summed E-state index contributed by atoms with van der Waals surface area (Å²) in [5.74, 6) is -0.0783. The molecule has 7 nitrogen and oxygen atoms in total. The largest absolute Gasteiger partial charge is 0.497 e. The summed E-state index contributed by atoms with van der Waals surface area (Å²) >= 11 is 6.09. The van der Waals surface area contributed by atoms with E-state index in [4.69, 9.17) is 16.3 Å². The summed E-state index contributed by atoms with van der Waals surface area (Å²) < 4.78 is 31.0. The van der Waals surface area contributed by atoms with Crippen LogP contribution in [-0.4, -0.2) is 40.0 Å². The molecule has 0 heterocycles. The van der Waals surface area contributed by atoms with Crippen LogP contribution in [0.5, 0.6) is 5.75 Å². The van der Waals surface area contributed by atoms with Crippen LogP contribution in [0.15, 0.2) is 72.8 Å².